The Kier molecular flexibility index (Phi) is 6.30. The highest BCUT2D eigenvalue weighted by molar-refractivity contribution is 7.91. The zero-order chi connectivity index (χ0) is 23.0. The van der Waals surface area contributed by atoms with Crippen LogP contribution in [-0.4, -0.2) is 67.4 Å². The number of likely N-dealkylation sites (tertiary alicyclic amines) is 1. The molecular formula is C22H25N3O5S3. The highest BCUT2D eigenvalue weighted by Crippen LogP contribution is 2.33. The number of hydrogen-bond donors (Lipinski definition) is 0. The number of amides is 1. The molecule has 176 valence electrons. The number of rotatable bonds is 6. The fourth-order valence-corrected chi connectivity index (χ4v) is 8.09. The fourth-order valence-electron chi connectivity index (χ4n) is 4.41. The smallest absolute Gasteiger partial charge is 0.274 e. The normalized spacial score (nSPS) is 20.4. The second-order valence-electron chi connectivity index (χ2n) is 8.16. The molecule has 3 aromatic rings. The first-order valence-electron chi connectivity index (χ1n) is 10.9. The van der Waals surface area contributed by atoms with Crippen LogP contribution in [0.4, 0.5) is 0 Å². The van der Waals surface area contributed by atoms with Gasteiger partial charge in [-0.25, -0.2) is 13.4 Å². The van der Waals surface area contributed by atoms with Crippen LogP contribution in [0, 0.1) is 0 Å². The predicted molar refractivity (Wildman–Crippen MR) is 128 cm³/mol. The number of thiophene rings is 1. The third-order valence-corrected chi connectivity index (χ3v) is 10.3. The highest BCUT2D eigenvalue weighted by Gasteiger charge is 2.42. The summed E-state index contributed by atoms with van der Waals surface area (Å²) in [4.78, 5) is 19.6. The van der Waals surface area contributed by atoms with E-state index in [9.17, 15) is 13.2 Å². The van der Waals surface area contributed by atoms with E-state index in [0.29, 0.717) is 54.7 Å². The Morgan fingerprint density at radius 3 is 2.70 bits per heavy atom. The van der Waals surface area contributed by atoms with E-state index in [1.54, 1.807) is 29.5 Å². The first-order valence-corrected chi connectivity index (χ1v) is 14.0. The summed E-state index contributed by atoms with van der Waals surface area (Å²) >= 11 is 2.67. The molecule has 2 aromatic heterocycles. The Labute approximate surface area is 200 Å². The van der Waals surface area contributed by atoms with Crippen molar-refractivity contribution in [1.82, 2.24) is 14.2 Å². The molecule has 1 amide bonds. The Balaban J connectivity index is 1.20. The SMILES string of the molecule is COc1ccc2nc(OC3CCN(C(=O)C4CCCN4S(=O)(=O)c4cccs4)CC3)sc2c1. The first-order chi connectivity index (χ1) is 16.0. The van der Waals surface area contributed by atoms with Crippen LogP contribution in [0.5, 0.6) is 10.9 Å². The van der Waals surface area contributed by atoms with Gasteiger partial charge in [-0.2, -0.15) is 4.31 Å². The zero-order valence-electron chi connectivity index (χ0n) is 18.2. The van der Waals surface area contributed by atoms with Crippen molar-refractivity contribution < 1.29 is 22.7 Å². The van der Waals surface area contributed by atoms with Crippen molar-refractivity contribution >= 4 is 48.8 Å². The van der Waals surface area contributed by atoms with Gasteiger partial charge >= 0.3 is 0 Å². The van der Waals surface area contributed by atoms with Crippen molar-refractivity contribution in [2.24, 2.45) is 0 Å². The monoisotopic (exact) mass is 507 g/mol. The van der Waals surface area contributed by atoms with E-state index in [1.165, 1.54) is 27.0 Å². The number of piperidine rings is 1. The lowest BCUT2D eigenvalue weighted by Crippen LogP contribution is -2.50. The van der Waals surface area contributed by atoms with E-state index in [2.05, 4.69) is 4.98 Å². The van der Waals surface area contributed by atoms with Crippen molar-refractivity contribution in [3.8, 4) is 10.9 Å². The summed E-state index contributed by atoms with van der Waals surface area (Å²) in [7, 11) is -2.00. The third kappa shape index (κ3) is 4.46. The van der Waals surface area contributed by atoms with Gasteiger partial charge in [0.2, 0.25) is 5.91 Å². The van der Waals surface area contributed by atoms with Crippen LogP contribution in [0.2, 0.25) is 0 Å². The van der Waals surface area contributed by atoms with Crippen LogP contribution < -0.4 is 9.47 Å². The summed E-state index contributed by atoms with van der Waals surface area (Å²) in [5.74, 6) is 0.685. The molecule has 2 aliphatic rings. The maximum absolute atomic E-state index is 13.2. The molecule has 1 unspecified atom stereocenters. The molecular weight excluding hydrogens is 482 g/mol. The van der Waals surface area contributed by atoms with Gasteiger partial charge in [-0.05, 0) is 42.5 Å². The summed E-state index contributed by atoms with van der Waals surface area (Å²) in [6.07, 6.45) is 2.62. The molecule has 0 aliphatic carbocycles. The molecule has 5 rings (SSSR count). The first kappa shape index (κ1) is 22.6. The van der Waals surface area contributed by atoms with E-state index >= 15 is 0 Å². The lowest BCUT2D eigenvalue weighted by molar-refractivity contribution is -0.136. The van der Waals surface area contributed by atoms with Gasteiger partial charge in [0, 0.05) is 32.5 Å². The van der Waals surface area contributed by atoms with E-state index in [4.69, 9.17) is 9.47 Å². The molecule has 11 heteroatoms. The fraction of sp³-hybridized carbons (Fsp3) is 0.455. The number of carbonyl (C=O) groups excluding carboxylic acids is 1. The Morgan fingerprint density at radius 1 is 1.15 bits per heavy atom. The van der Waals surface area contributed by atoms with Crippen molar-refractivity contribution in [3.05, 3.63) is 35.7 Å². The number of thiazole rings is 1. The third-order valence-electron chi connectivity index (χ3n) is 6.14. The van der Waals surface area contributed by atoms with Crippen molar-refractivity contribution in [2.75, 3.05) is 26.7 Å². The van der Waals surface area contributed by atoms with Gasteiger partial charge in [0.05, 0.1) is 17.3 Å². The summed E-state index contributed by atoms with van der Waals surface area (Å²) < 4.78 is 40.1. The Morgan fingerprint density at radius 2 is 1.97 bits per heavy atom. The van der Waals surface area contributed by atoms with Crippen LogP contribution in [0.15, 0.2) is 39.9 Å². The molecule has 4 heterocycles. The molecule has 33 heavy (non-hydrogen) atoms. The van der Waals surface area contributed by atoms with Gasteiger partial charge < -0.3 is 14.4 Å². The molecule has 0 spiro atoms. The van der Waals surface area contributed by atoms with Crippen molar-refractivity contribution in [2.45, 2.75) is 42.0 Å². The second-order valence-corrected chi connectivity index (χ2v) is 12.2. The largest absolute Gasteiger partial charge is 0.497 e. The van der Waals surface area contributed by atoms with Crippen LogP contribution in [0.25, 0.3) is 10.2 Å². The van der Waals surface area contributed by atoms with Gasteiger partial charge in [0.15, 0.2) is 0 Å². The topological polar surface area (TPSA) is 89.0 Å². The van der Waals surface area contributed by atoms with Crippen LogP contribution in [0.3, 0.4) is 0 Å². The molecule has 8 nitrogen and oxygen atoms in total. The number of methoxy groups -OCH3 is 1. The standard InChI is InChI=1S/C22H25N3O5S3/c1-29-16-6-7-17-19(14-16)32-22(23-17)30-15-8-11-24(12-9-15)21(26)18-4-2-10-25(18)33(27,28)20-5-3-13-31-20/h3,5-7,13-15,18H,2,4,8-12H2,1H3. The lowest BCUT2D eigenvalue weighted by atomic mass is 10.1. The van der Waals surface area contributed by atoms with Gasteiger partial charge in [-0.1, -0.05) is 17.4 Å². The molecule has 1 atom stereocenters. The Bertz CT molecular complexity index is 1230. The van der Waals surface area contributed by atoms with Crippen molar-refractivity contribution in [3.63, 3.8) is 0 Å². The summed E-state index contributed by atoms with van der Waals surface area (Å²) in [6, 6.07) is 8.43. The van der Waals surface area contributed by atoms with Crippen LogP contribution in [0.1, 0.15) is 25.7 Å². The molecule has 0 saturated carbocycles. The minimum Gasteiger partial charge on any atom is -0.497 e. The van der Waals surface area contributed by atoms with E-state index < -0.39 is 16.1 Å². The minimum atomic E-state index is -3.63. The van der Waals surface area contributed by atoms with Gasteiger partial charge in [0.25, 0.3) is 15.2 Å². The van der Waals surface area contributed by atoms with Gasteiger partial charge in [0.1, 0.15) is 22.1 Å². The summed E-state index contributed by atoms with van der Waals surface area (Å²) in [5.41, 5.74) is 0.872. The lowest BCUT2D eigenvalue weighted by Gasteiger charge is -2.34. The molecule has 0 N–H and O–H groups in total. The van der Waals surface area contributed by atoms with Crippen LogP contribution >= 0.6 is 22.7 Å². The minimum absolute atomic E-state index is 0.0222. The maximum Gasteiger partial charge on any atom is 0.274 e. The number of carbonyl (C=O) groups is 1. The summed E-state index contributed by atoms with van der Waals surface area (Å²) in [6.45, 7) is 1.48. The number of hydrogen-bond acceptors (Lipinski definition) is 8. The zero-order valence-corrected chi connectivity index (χ0v) is 20.6. The average molecular weight is 508 g/mol. The van der Waals surface area contributed by atoms with Gasteiger partial charge in [-0.15, -0.1) is 11.3 Å². The molecule has 1 aromatic carbocycles. The summed E-state index contributed by atoms with van der Waals surface area (Å²) in [5, 5.41) is 2.36. The van der Waals surface area contributed by atoms with Gasteiger partial charge in [-0.3, -0.25) is 4.79 Å². The van der Waals surface area contributed by atoms with E-state index in [0.717, 1.165) is 16.0 Å². The molecule has 2 aliphatic heterocycles. The molecule has 2 saturated heterocycles. The maximum atomic E-state index is 13.2. The second kappa shape index (κ2) is 9.21. The van der Waals surface area contributed by atoms with Crippen LogP contribution in [-0.2, 0) is 14.8 Å². The molecule has 2 fully saturated rings. The number of ether oxygens (including phenoxy) is 2. The quantitative estimate of drug-likeness (QED) is 0.507. The number of sulfonamides is 1. The molecule has 0 bridgehead atoms. The van der Waals surface area contributed by atoms with Crippen molar-refractivity contribution in [1.29, 1.82) is 0 Å². The highest BCUT2D eigenvalue weighted by atomic mass is 32.2. The number of benzene rings is 1. The van der Waals surface area contributed by atoms with E-state index in [1.807, 2.05) is 18.2 Å². The number of nitrogens with zero attached hydrogens (tertiary/aromatic N) is 3. The predicted octanol–water partition coefficient (Wildman–Crippen LogP) is 3.59. The average Bonchev–Trinajstić information content (AvgIpc) is 3.59. The number of fused-ring (bicyclic) bond motifs is 1. The van der Waals surface area contributed by atoms with E-state index in [-0.39, 0.29) is 12.0 Å². The number of aromatic nitrogens is 1. The Hall–Kier alpha value is -2.21. The molecule has 0 radical (unpaired) electrons.